The minimum atomic E-state index is 0.163. The lowest BCUT2D eigenvalue weighted by Crippen LogP contribution is -2.40. The molecule has 42 heavy (non-hydrogen) atoms. The first-order valence-corrected chi connectivity index (χ1v) is 14.8. The van der Waals surface area contributed by atoms with E-state index in [2.05, 4.69) is 41.1 Å². The highest BCUT2D eigenvalue weighted by molar-refractivity contribution is 7.13. The SMILES string of the molecule is CCN(CC)[C@@H](C)CNCN=C(N)c1cc(OCc2ccc[n+]([O-])c2)nc(-c2cnn3ccc(-c4cccs4)nc23)c1. The molecule has 0 aliphatic rings. The molecule has 0 fully saturated rings. The number of likely N-dealkylation sites (N-methyl/N-ethyl adjacent to an activating group) is 1. The van der Waals surface area contributed by atoms with Crippen LogP contribution < -0.4 is 20.5 Å². The molecule has 1 atom stereocenters. The number of nitrogens with one attached hydrogen (secondary N) is 1. The summed E-state index contributed by atoms with van der Waals surface area (Å²) < 4.78 is 8.50. The summed E-state index contributed by atoms with van der Waals surface area (Å²) in [5, 5.41) is 21.6. The van der Waals surface area contributed by atoms with E-state index < -0.39 is 0 Å². The van der Waals surface area contributed by atoms with Gasteiger partial charge < -0.3 is 15.7 Å². The summed E-state index contributed by atoms with van der Waals surface area (Å²) in [6, 6.07) is 13.5. The lowest BCUT2D eigenvalue weighted by atomic mass is 10.1. The molecule has 0 saturated heterocycles. The zero-order valence-electron chi connectivity index (χ0n) is 24.0. The fourth-order valence-electron chi connectivity index (χ4n) is 4.70. The highest BCUT2D eigenvalue weighted by Gasteiger charge is 2.16. The van der Waals surface area contributed by atoms with E-state index in [-0.39, 0.29) is 6.61 Å². The third kappa shape index (κ3) is 6.90. The van der Waals surface area contributed by atoms with Crippen molar-refractivity contribution in [2.75, 3.05) is 26.3 Å². The van der Waals surface area contributed by atoms with Crippen LogP contribution in [0.1, 0.15) is 31.9 Å². The fraction of sp³-hybridized carbons (Fsp3) is 0.300. The zero-order chi connectivity index (χ0) is 29.5. The molecule has 5 aromatic heterocycles. The van der Waals surface area contributed by atoms with E-state index >= 15 is 0 Å². The first-order chi connectivity index (χ1) is 20.4. The molecule has 0 bridgehead atoms. The van der Waals surface area contributed by atoms with E-state index in [1.807, 2.05) is 41.9 Å². The first kappa shape index (κ1) is 29.1. The number of thiophene rings is 1. The smallest absolute Gasteiger partial charge is 0.214 e. The van der Waals surface area contributed by atoms with Crippen LogP contribution in [-0.4, -0.2) is 62.7 Å². The van der Waals surface area contributed by atoms with Gasteiger partial charge in [0.05, 0.1) is 40.3 Å². The Morgan fingerprint density at radius 2 is 2.05 bits per heavy atom. The van der Waals surface area contributed by atoms with Gasteiger partial charge in [0.1, 0.15) is 12.4 Å². The first-order valence-electron chi connectivity index (χ1n) is 13.9. The molecule has 0 aromatic carbocycles. The molecule has 0 aliphatic heterocycles. The Balaban J connectivity index is 1.44. The van der Waals surface area contributed by atoms with E-state index in [4.69, 9.17) is 20.4 Å². The van der Waals surface area contributed by atoms with Crippen LogP contribution in [0.5, 0.6) is 5.88 Å². The van der Waals surface area contributed by atoms with Gasteiger partial charge in [0.2, 0.25) is 5.88 Å². The lowest BCUT2D eigenvalue weighted by molar-refractivity contribution is -0.606. The fourth-order valence-corrected chi connectivity index (χ4v) is 5.40. The summed E-state index contributed by atoms with van der Waals surface area (Å²) in [6.07, 6.45) is 6.51. The van der Waals surface area contributed by atoms with Gasteiger partial charge in [-0.05, 0) is 49.7 Å². The van der Waals surface area contributed by atoms with Crippen LogP contribution in [0.4, 0.5) is 0 Å². The minimum absolute atomic E-state index is 0.163. The molecule has 5 heterocycles. The van der Waals surface area contributed by atoms with Gasteiger partial charge in [0.25, 0.3) is 0 Å². The molecular weight excluding hydrogens is 550 g/mol. The maximum atomic E-state index is 11.7. The third-order valence-electron chi connectivity index (χ3n) is 6.98. The maximum absolute atomic E-state index is 11.7. The summed E-state index contributed by atoms with van der Waals surface area (Å²) >= 11 is 1.63. The molecule has 0 amide bonds. The van der Waals surface area contributed by atoms with Crippen molar-refractivity contribution in [3.63, 3.8) is 0 Å². The molecule has 0 unspecified atom stereocenters. The molecule has 5 aromatic rings. The summed E-state index contributed by atoms with van der Waals surface area (Å²) in [6.45, 7) is 9.85. The summed E-state index contributed by atoms with van der Waals surface area (Å²) in [4.78, 5) is 17.7. The number of rotatable bonds is 13. The van der Waals surface area contributed by atoms with Gasteiger partial charge in [-0.25, -0.2) is 14.5 Å². The average Bonchev–Trinajstić information content (AvgIpc) is 3.69. The summed E-state index contributed by atoms with van der Waals surface area (Å²) in [5.74, 6) is 0.700. The average molecular weight is 586 g/mol. The van der Waals surface area contributed by atoms with Gasteiger partial charge in [0.15, 0.2) is 18.0 Å². The van der Waals surface area contributed by atoms with Crippen LogP contribution in [0.3, 0.4) is 0 Å². The number of aliphatic imine (C=N–C) groups is 1. The van der Waals surface area contributed by atoms with E-state index in [0.29, 0.717) is 46.9 Å². The maximum Gasteiger partial charge on any atom is 0.214 e. The molecular formula is C30H35N9O2S. The van der Waals surface area contributed by atoms with Gasteiger partial charge in [-0.1, -0.05) is 19.9 Å². The van der Waals surface area contributed by atoms with Gasteiger partial charge >= 0.3 is 0 Å². The van der Waals surface area contributed by atoms with Crippen molar-refractivity contribution in [3.05, 3.63) is 89.0 Å². The normalized spacial score (nSPS) is 12.7. The van der Waals surface area contributed by atoms with Crippen molar-refractivity contribution in [1.82, 2.24) is 29.8 Å². The van der Waals surface area contributed by atoms with Crippen molar-refractivity contribution >= 4 is 22.8 Å². The largest absolute Gasteiger partial charge is 0.619 e. The van der Waals surface area contributed by atoms with E-state index in [1.54, 1.807) is 34.2 Å². The Morgan fingerprint density at radius 3 is 2.81 bits per heavy atom. The second-order valence-electron chi connectivity index (χ2n) is 9.78. The van der Waals surface area contributed by atoms with Gasteiger partial charge in [-0.2, -0.15) is 9.83 Å². The predicted molar refractivity (Wildman–Crippen MR) is 165 cm³/mol. The van der Waals surface area contributed by atoms with Crippen molar-refractivity contribution in [3.8, 4) is 27.7 Å². The van der Waals surface area contributed by atoms with E-state index in [1.165, 1.54) is 12.4 Å². The topological polar surface area (TPSA) is 133 Å². The van der Waals surface area contributed by atoms with Crippen LogP contribution >= 0.6 is 11.3 Å². The second-order valence-corrected chi connectivity index (χ2v) is 10.7. The second kappa shape index (κ2) is 13.5. The number of aromatic nitrogens is 5. The third-order valence-corrected chi connectivity index (χ3v) is 7.87. The number of nitrogens with two attached hydrogens (primary N) is 1. The van der Waals surface area contributed by atoms with E-state index in [9.17, 15) is 5.21 Å². The molecule has 0 saturated carbocycles. The Morgan fingerprint density at radius 1 is 1.19 bits per heavy atom. The van der Waals surface area contributed by atoms with Gasteiger partial charge in [-0.3, -0.25) is 15.2 Å². The Kier molecular flexibility index (Phi) is 9.37. The number of nitrogens with zero attached hydrogens (tertiary/aromatic N) is 7. The summed E-state index contributed by atoms with van der Waals surface area (Å²) in [7, 11) is 0. The molecule has 218 valence electrons. The molecule has 0 aliphatic carbocycles. The van der Waals surface area contributed by atoms with E-state index in [0.717, 1.165) is 40.5 Å². The number of ether oxygens (including phenoxy) is 1. The Bertz CT molecular complexity index is 1650. The molecule has 0 radical (unpaired) electrons. The zero-order valence-corrected chi connectivity index (χ0v) is 24.8. The molecule has 11 nitrogen and oxygen atoms in total. The standard InChI is InChI=1S/C30H35N9O2S/c1-4-37(5-2)21(3)16-32-20-33-29(31)23-14-26(35-28(15-23)41-19-22-8-6-11-38(40)18-22)24-17-34-39-12-10-25(36-30(24)39)27-9-7-13-42-27/h6-15,17-18,21,32H,4-5,16,19-20H2,1-3H3,(H2,31,33)/t21-/m0/s1. The number of hydrogen-bond donors (Lipinski definition) is 2. The van der Waals surface area contributed by atoms with Crippen LogP contribution in [0.25, 0.3) is 27.5 Å². The van der Waals surface area contributed by atoms with Crippen molar-refractivity contribution in [2.45, 2.75) is 33.4 Å². The highest BCUT2D eigenvalue weighted by atomic mass is 32.1. The van der Waals surface area contributed by atoms with Crippen molar-refractivity contribution < 1.29 is 9.47 Å². The van der Waals surface area contributed by atoms with Crippen LogP contribution in [0.2, 0.25) is 0 Å². The predicted octanol–water partition coefficient (Wildman–Crippen LogP) is 3.71. The van der Waals surface area contributed by atoms with Crippen molar-refractivity contribution in [2.24, 2.45) is 10.7 Å². The molecule has 3 N–H and O–H groups in total. The number of amidine groups is 1. The van der Waals surface area contributed by atoms with Crippen LogP contribution in [0.15, 0.2) is 77.6 Å². The molecule has 12 heteroatoms. The summed E-state index contributed by atoms with van der Waals surface area (Å²) in [5.41, 5.74) is 10.7. The van der Waals surface area contributed by atoms with Crippen LogP contribution in [0, 0.1) is 5.21 Å². The number of fused-ring (bicyclic) bond motifs is 1. The van der Waals surface area contributed by atoms with Crippen molar-refractivity contribution in [1.29, 1.82) is 0 Å². The number of hydrogen-bond acceptors (Lipinski definition) is 9. The quantitative estimate of drug-likeness (QED) is 0.0703. The Hall–Kier alpha value is -4.39. The Labute approximate surface area is 248 Å². The van der Waals surface area contributed by atoms with Gasteiger partial charge in [0, 0.05) is 36.5 Å². The van der Waals surface area contributed by atoms with Gasteiger partial charge in [-0.15, -0.1) is 11.3 Å². The number of pyridine rings is 2. The monoisotopic (exact) mass is 585 g/mol. The highest BCUT2D eigenvalue weighted by Crippen LogP contribution is 2.29. The van der Waals surface area contributed by atoms with Crippen LogP contribution in [-0.2, 0) is 6.61 Å². The minimum Gasteiger partial charge on any atom is -0.619 e. The molecule has 5 rings (SSSR count). The molecule has 0 spiro atoms. The lowest BCUT2D eigenvalue weighted by Gasteiger charge is -2.26.